The van der Waals surface area contributed by atoms with Crippen molar-refractivity contribution in [1.29, 1.82) is 0 Å². The normalized spacial score (nSPS) is 11.3. The fourth-order valence-corrected chi connectivity index (χ4v) is 9.95. The average molecular weight is 1110 g/mol. The first-order valence-electron chi connectivity index (χ1n) is 24.9. The lowest BCUT2D eigenvalue weighted by atomic mass is 9.86. The number of nitrogens with one attached hydrogen (secondary N) is 3. The molecule has 0 radical (unpaired) electrons. The number of anilines is 3. The molecule has 0 spiro atoms. The summed E-state index contributed by atoms with van der Waals surface area (Å²) in [6, 6.07) is 34.7. The second kappa shape index (κ2) is 23.9. The Balaban J connectivity index is 1.10. The lowest BCUT2D eigenvalue weighted by Gasteiger charge is -2.19. The van der Waals surface area contributed by atoms with Crippen LogP contribution < -0.4 is 32.6 Å². The van der Waals surface area contributed by atoms with E-state index >= 15 is 0 Å². The third kappa shape index (κ3) is 13.2. The number of hydrogen-bond donors (Lipinski definition) is 6. The number of aliphatic carboxylic acids is 3. The molecule has 0 aliphatic rings. The predicted molar refractivity (Wildman–Crippen MR) is 304 cm³/mol. The number of carboxylic acids is 3. The van der Waals surface area contributed by atoms with Gasteiger partial charge in [0.2, 0.25) is 0 Å². The van der Waals surface area contributed by atoms with Gasteiger partial charge in [-0.05, 0) is 136 Å². The Morgan fingerprint density at radius 1 is 0.556 bits per heavy atom. The van der Waals surface area contributed by atoms with Gasteiger partial charge in [-0.3, -0.25) is 48.1 Å². The molecular formula is C60H48N8O12S. The Morgan fingerprint density at radius 2 is 1.12 bits per heavy atom. The summed E-state index contributed by atoms with van der Waals surface area (Å²) in [6.07, 6.45) is 7.53. The summed E-state index contributed by atoms with van der Waals surface area (Å²) in [6.45, 7) is 2.03. The van der Waals surface area contributed by atoms with Crippen molar-refractivity contribution in [3.8, 4) is 44.0 Å². The Morgan fingerprint density at radius 3 is 1.68 bits per heavy atom. The first-order chi connectivity index (χ1) is 38.8. The summed E-state index contributed by atoms with van der Waals surface area (Å²) in [5, 5.41) is 38.3. The number of carboxylic acid groups (broad SMARTS) is 3. The van der Waals surface area contributed by atoms with Crippen molar-refractivity contribution < 1.29 is 44.1 Å². The van der Waals surface area contributed by atoms with Crippen LogP contribution in [0.1, 0.15) is 60.7 Å². The highest BCUT2D eigenvalue weighted by Crippen LogP contribution is 2.38. The number of aromatic nitrogens is 5. The van der Waals surface area contributed by atoms with Gasteiger partial charge in [0.25, 0.3) is 34.4 Å². The van der Waals surface area contributed by atoms with Gasteiger partial charge in [-0.2, -0.15) is 0 Å². The minimum atomic E-state index is -1.26. The van der Waals surface area contributed by atoms with E-state index in [9.17, 15) is 58.5 Å². The molecule has 81 heavy (non-hydrogen) atoms. The fourth-order valence-electron chi connectivity index (χ4n) is 9.24. The van der Waals surface area contributed by atoms with Gasteiger partial charge in [0.05, 0.1) is 22.8 Å². The van der Waals surface area contributed by atoms with Crippen LogP contribution in [0.5, 0.6) is 0 Å². The number of benzene rings is 3. The number of hydrogen-bond acceptors (Lipinski definition) is 12. The van der Waals surface area contributed by atoms with Crippen molar-refractivity contribution in [2.45, 2.75) is 45.8 Å². The number of carbonyl (C=O) groups is 6. The van der Waals surface area contributed by atoms with E-state index in [-0.39, 0.29) is 34.2 Å². The number of rotatable bonds is 19. The SMILES string of the molecule is Cc1c(-c2cc(C(=O)Nc3ccc(=O)n(CC(=O)O)c3)cc(-c3cccs3)c2)cc(C(=O)Nc2ccc(=O)n(CC(=O)O)c2)nc1-c1cccc(CC(C)c2ccc(C(=O)Nc3ccc(=O)n(CC(=O)O)c3)cc2-c2cccnc2)c1. The van der Waals surface area contributed by atoms with Gasteiger partial charge < -0.3 is 45.0 Å². The summed E-state index contributed by atoms with van der Waals surface area (Å²) in [5.74, 6) is -5.68. The lowest BCUT2D eigenvalue weighted by Crippen LogP contribution is -2.24. The van der Waals surface area contributed by atoms with Crippen LogP contribution >= 0.6 is 11.3 Å². The van der Waals surface area contributed by atoms with Crippen LogP contribution in [0.25, 0.3) is 44.0 Å². The minimum absolute atomic E-state index is 0.0688. The van der Waals surface area contributed by atoms with Gasteiger partial charge in [-0.15, -0.1) is 11.3 Å². The molecule has 6 aromatic heterocycles. The van der Waals surface area contributed by atoms with Crippen LogP contribution in [0.15, 0.2) is 178 Å². The summed E-state index contributed by atoms with van der Waals surface area (Å²) in [5.41, 5.74) is 5.78. The van der Waals surface area contributed by atoms with Crippen LogP contribution in [-0.4, -0.2) is 74.6 Å². The van der Waals surface area contributed by atoms with Gasteiger partial charge in [0.1, 0.15) is 25.3 Å². The van der Waals surface area contributed by atoms with Gasteiger partial charge in [-0.25, -0.2) is 4.98 Å². The fraction of sp³-hybridized carbons (Fsp3) is 0.117. The zero-order chi connectivity index (χ0) is 57.5. The Labute approximate surface area is 463 Å². The summed E-state index contributed by atoms with van der Waals surface area (Å²) in [4.78, 5) is 124. The molecule has 21 heteroatoms. The standard InChI is InChI=1S/C60H48N8O12S/c1-34(46-14-10-38(25-48(46)39-8-4-18-61-27-39)58(78)62-43-11-15-51(69)66(28-43)31-54(72)73)20-36-6-3-7-37(21-36)57-35(2)47(26-49(65-57)60(80)64-45-13-17-53(71)68(30-45)33-56(76)77)40-22-41(50-9-5-19-81-50)24-42(23-40)59(79)63-44-12-16-52(70)67(29-44)32-55(74)75/h3-19,21-30,34H,20,31-33H2,1-2H3,(H,62,78)(H,63,79)(H,64,80)(H,72,73)(H,74,75)(H,76,77). The van der Waals surface area contributed by atoms with Gasteiger partial charge in [0, 0.05) is 76.3 Å². The smallest absolute Gasteiger partial charge is 0.323 e. The molecule has 0 saturated carbocycles. The lowest BCUT2D eigenvalue weighted by molar-refractivity contribution is -0.138. The Hall–Kier alpha value is -10.7. The molecule has 0 aliphatic heterocycles. The van der Waals surface area contributed by atoms with E-state index in [1.165, 1.54) is 54.2 Å². The molecule has 20 nitrogen and oxygen atoms in total. The Kier molecular flexibility index (Phi) is 16.3. The van der Waals surface area contributed by atoms with Crippen molar-refractivity contribution in [3.05, 3.63) is 228 Å². The number of nitrogens with zero attached hydrogens (tertiary/aromatic N) is 5. The maximum absolute atomic E-state index is 14.4. The van der Waals surface area contributed by atoms with Crippen molar-refractivity contribution >= 4 is 64.0 Å². The van der Waals surface area contributed by atoms with Gasteiger partial charge >= 0.3 is 17.9 Å². The molecular weight excluding hydrogens is 1060 g/mol. The first kappa shape index (κ1) is 55.1. The summed E-state index contributed by atoms with van der Waals surface area (Å²) in [7, 11) is 0. The highest BCUT2D eigenvalue weighted by Gasteiger charge is 2.23. The molecule has 9 aromatic rings. The van der Waals surface area contributed by atoms with E-state index in [0.717, 1.165) is 53.0 Å². The molecule has 0 fully saturated rings. The largest absolute Gasteiger partial charge is 0.480 e. The molecule has 1 atom stereocenters. The first-order valence-corrected chi connectivity index (χ1v) is 25.8. The van der Waals surface area contributed by atoms with Crippen LogP contribution in [-0.2, 0) is 40.4 Å². The highest BCUT2D eigenvalue weighted by atomic mass is 32.1. The molecule has 6 heterocycles. The monoisotopic (exact) mass is 1100 g/mol. The molecule has 0 saturated heterocycles. The maximum atomic E-state index is 14.4. The van der Waals surface area contributed by atoms with E-state index in [0.29, 0.717) is 45.5 Å². The van der Waals surface area contributed by atoms with Crippen LogP contribution in [0.3, 0.4) is 0 Å². The average Bonchev–Trinajstić information content (AvgIpc) is 4.17. The number of amides is 3. The molecule has 6 N–H and O–H groups in total. The number of thiophene rings is 1. The summed E-state index contributed by atoms with van der Waals surface area (Å²) >= 11 is 1.43. The molecule has 1 unspecified atom stereocenters. The second-order valence-corrected chi connectivity index (χ2v) is 19.8. The second-order valence-electron chi connectivity index (χ2n) is 18.8. The zero-order valence-electron chi connectivity index (χ0n) is 43.2. The van der Waals surface area contributed by atoms with E-state index in [1.807, 2.05) is 73.8 Å². The molecule has 0 aliphatic carbocycles. The molecule has 3 aromatic carbocycles. The van der Waals surface area contributed by atoms with E-state index < -0.39 is 71.9 Å². The molecule has 0 bridgehead atoms. The minimum Gasteiger partial charge on any atom is -0.480 e. The molecule has 3 amide bonds. The van der Waals surface area contributed by atoms with Gasteiger partial charge in [-0.1, -0.05) is 43.3 Å². The quantitative estimate of drug-likeness (QED) is 0.0444. The number of pyridine rings is 5. The zero-order valence-corrected chi connectivity index (χ0v) is 44.0. The van der Waals surface area contributed by atoms with Crippen molar-refractivity contribution in [3.63, 3.8) is 0 Å². The topological polar surface area (TPSA) is 291 Å². The third-order valence-electron chi connectivity index (χ3n) is 13.0. The highest BCUT2D eigenvalue weighted by molar-refractivity contribution is 7.13. The maximum Gasteiger partial charge on any atom is 0.323 e. The van der Waals surface area contributed by atoms with Crippen LogP contribution in [0.2, 0.25) is 0 Å². The van der Waals surface area contributed by atoms with Crippen molar-refractivity contribution in [1.82, 2.24) is 23.7 Å². The predicted octanol–water partition coefficient (Wildman–Crippen LogP) is 8.36. The number of carbonyl (C=O) groups excluding carboxylic acids is 3. The summed E-state index contributed by atoms with van der Waals surface area (Å²) < 4.78 is 2.88. The van der Waals surface area contributed by atoms with Crippen molar-refractivity contribution in [2.75, 3.05) is 16.0 Å². The van der Waals surface area contributed by atoms with E-state index in [4.69, 9.17) is 4.98 Å². The van der Waals surface area contributed by atoms with E-state index in [2.05, 4.69) is 20.9 Å². The Bertz CT molecular complexity index is 4150. The molecule has 406 valence electrons. The third-order valence-corrected chi connectivity index (χ3v) is 13.9. The van der Waals surface area contributed by atoms with Crippen LogP contribution in [0, 0.1) is 6.92 Å². The van der Waals surface area contributed by atoms with Crippen molar-refractivity contribution in [2.24, 2.45) is 0 Å². The van der Waals surface area contributed by atoms with Crippen LogP contribution in [0.4, 0.5) is 17.1 Å². The van der Waals surface area contributed by atoms with E-state index in [1.54, 1.807) is 48.8 Å². The van der Waals surface area contributed by atoms with Gasteiger partial charge in [0.15, 0.2) is 0 Å². The molecule has 9 rings (SSSR count).